The maximum absolute atomic E-state index is 13.3. The third-order valence-electron chi connectivity index (χ3n) is 6.51. The molecule has 40 heavy (non-hydrogen) atoms. The third-order valence-corrected chi connectivity index (χ3v) is 6.51. The molecule has 1 aromatic heterocycles. The lowest BCUT2D eigenvalue weighted by Crippen LogP contribution is -2.57. The number of benzene rings is 2. The van der Waals surface area contributed by atoms with Crippen molar-refractivity contribution < 1.29 is 29.4 Å². The van der Waals surface area contributed by atoms with Gasteiger partial charge in [0.05, 0.1) is 6.54 Å². The minimum absolute atomic E-state index is 0.0323. The molecule has 214 valence electrons. The maximum Gasteiger partial charge on any atom is 0.326 e. The fourth-order valence-electron chi connectivity index (χ4n) is 4.36. The summed E-state index contributed by atoms with van der Waals surface area (Å²) in [6, 6.07) is 10.2. The number of para-hydroxylation sites is 1. The zero-order chi connectivity index (χ0) is 29.1. The molecule has 2 aromatic carbocycles. The van der Waals surface area contributed by atoms with Gasteiger partial charge in [-0.3, -0.25) is 14.4 Å². The Hall–Kier alpha value is -4.42. The van der Waals surface area contributed by atoms with Crippen molar-refractivity contribution in [2.75, 3.05) is 13.1 Å². The van der Waals surface area contributed by atoms with E-state index in [1.54, 1.807) is 18.3 Å². The number of carboxylic acids is 1. The zero-order valence-electron chi connectivity index (χ0n) is 22.1. The largest absolute Gasteiger partial charge is 0.508 e. The Kier molecular flexibility index (Phi) is 11.0. The Morgan fingerprint density at radius 1 is 0.825 bits per heavy atom. The average molecular weight is 553 g/mol. The summed E-state index contributed by atoms with van der Waals surface area (Å²) >= 11 is 0. The van der Waals surface area contributed by atoms with Gasteiger partial charge in [0.15, 0.2) is 0 Å². The molecule has 3 atom stereocenters. The van der Waals surface area contributed by atoms with Crippen LogP contribution in [0.4, 0.5) is 0 Å². The van der Waals surface area contributed by atoms with Crippen molar-refractivity contribution in [3.8, 4) is 5.75 Å². The number of aromatic amines is 1. The number of carboxylic acid groups (broad SMARTS) is 1. The van der Waals surface area contributed by atoms with Crippen LogP contribution in [0.5, 0.6) is 5.75 Å². The molecule has 3 aromatic rings. The lowest BCUT2D eigenvalue weighted by atomic mass is 10.0. The van der Waals surface area contributed by atoms with Crippen molar-refractivity contribution >= 4 is 34.6 Å². The smallest absolute Gasteiger partial charge is 0.326 e. The second kappa shape index (κ2) is 14.7. The van der Waals surface area contributed by atoms with Gasteiger partial charge in [0.25, 0.3) is 0 Å². The number of rotatable bonds is 15. The van der Waals surface area contributed by atoms with E-state index in [0.29, 0.717) is 24.9 Å². The van der Waals surface area contributed by atoms with E-state index in [9.17, 15) is 29.4 Å². The van der Waals surface area contributed by atoms with E-state index in [1.165, 1.54) is 12.1 Å². The Labute approximate surface area is 231 Å². The number of amides is 3. The summed E-state index contributed by atoms with van der Waals surface area (Å²) in [7, 11) is 0. The molecule has 1 heterocycles. The molecular weight excluding hydrogens is 516 g/mol. The van der Waals surface area contributed by atoms with E-state index in [0.717, 1.165) is 16.5 Å². The predicted molar refractivity (Wildman–Crippen MR) is 149 cm³/mol. The zero-order valence-corrected chi connectivity index (χ0v) is 22.1. The van der Waals surface area contributed by atoms with Crippen molar-refractivity contribution in [2.24, 2.45) is 11.5 Å². The molecule has 12 nitrogen and oxygen atoms in total. The fraction of sp³-hybridized carbons (Fsp3) is 0.357. The number of hydrogen-bond donors (Lipinski definition) is 8. The molecule has 10 N–H and O–H groups in total. The van der Waals surface area contributed by atoms with Crippen LogP contribution in [-0.4, -0.2) is 70.1 Å². The van der Waals surface area contributed by atoms with Gasteiger partial charge in [-0.1, -0.05) is 30.3 Å². The highest BCUT2D eigenvalue weighted by Crippen LogP contribution is 2.19. The molecule has 3 rings (SSSR count). The van der Waals surface area contributed by atoms with Gasteiger partial charge < -0.3 is 42.6 Å². The number of H-pyrrole nitrogens is 1. The summed E-state index contributed by atoms with van der Waals surface area (Å²) in [5.41, 5.74) is 13.3. The summed E-state index contributed by atoms with van der Waals surface area (Å²) in [6.45, 7) is 0.0462. The molecule has 0 bridgehead atoms. The van der Waals surface area contributed by atoms with Gasteiger partial charge in [-0.2, -0.15) is 0 Å². The van der Waals surface area contributed by atoms with Crippen molar-refractivity contribution in [3.05, 3.63) is 65.9 Å². The van der Waals surface area contributed by atoms with Crippen LogP contribution in [-0.2, 0) is 32.0 Å². The molecule has 0 radical (unpaired) electrons. The number of phenols is 1. The molecule has 0 aliphatic carbocycles. The fourth-order valence-corrected chi connectivity index (χ4v) is 4.36. The molecule has 0 aliphatic rings. The highest BCUT2D eigenvalue weighted by molar-refractivity contribution is 5.94. The number of unbranched alkanes of at least 4 members (excludes halogenated alkanes) is 1. The Morgan fingerprint density at radius 3 is 2.17 bits per heavy atom. The number of nitrogens with one attached hydrogen (secondary N) is 4. The van der Waals surface area contributed by atoms with E-state index in [2.05, 4.69) is 20.9 Å². The summed E-state index contributed by atoms with van der Waals surface area (Å²) in [4.78, 5) is 53.8. The first-order valence-electron chi connectivity index (χ1n) is 13.1. The molecule has 0 aliphatic heterocycles. The molecule has 0 fully saturated rings. The Bertz CT molecular complexity index is 1310. The standard InChI is InChI=1S/C28H36N6O6/c29-12-4-3-7-22(33-27(38)23(32-25(36)15-30)13-17-8-10-19(35)11-9-17)26(37)34-24(28(39)40)14-18-16-31-21-6-2-1-5-20(18)21/h1-2,5-6,8-11,16,22-24,31,35H,3-4,7,12-15,29-30H2,(H,32,36)(H,33,38)(H,34,37)(H,39,40). The number of aromatic nitrogens is 1. The third kappa shape index (κ3) is 8.55. The number of phenolic OH excluding ortho intramolecular Hbond substituents is 1. The van der Waals surface area contributed by atoms with Crippen LogP contribution in [0.3, 0.4) is 0 Å². The van der Waals surface area contributed by atoms with Crippen LogP contribution in [0.1, 0.15) is 30.4 Å². The second-order valence-electron chi connectivity index (χ2n) is 9.50. The van der Waals surface area contributed by atoms with Gasteiger partial charge >= 0.3 is 5.97 Å². The van der Waals surface area contributed by atoms with E-state index < -0.39 is 41.8 Å². The monoisotopic (exact) mass is 552 g/mol. The quantitative estimate of drug-likeness (QED) is 0.122. The van der Waals surface area contributed by atoms with Crippen LogP contribution in [0.15, 0.2) is 54.7 Å². The normalized spacial score (nSPS) is 13.2. The highest BCUT2D eigenvalue weighted by Gasteiger charge is 2.30. The van der Waals surface area contributed by atoms with Gasteiger partial charge in [0, 0.05) is 29.9 Å². The number of carbonyl (C=O) groups is 4. The molecule has 3 unspecified atom stereocenters. The van der Waals surface area contributed by atoms with Crippen LogP contribution < -0.4 is 27.4 Å². The van der Waals surface area contributed by atoms with E-state index in [-0.39, 0.29) is 31.6 Å². The van der Waals surface area contributed by atoms with Crippen LogP contribution in [0.25, 0.3) is 10.9 Å². The minimum Gasteiger partial charge on any atom is -0.508 e. The second-order valence-corrected chi connectivity index (χ2v) is 9.50. The SMILES string of the molecule is NCCCCC(NC(=O)C(Cc1ccc(O)cc1)NC(=O)CN)C(=O)NC(Cc1c[nH]c2ccccc12)C(=O)O. The van der Waals surface area contributed by atoms with Gasteiger partial charge in [0.2, 0.25) is 17.7 Å². The van der Waals surface area contributed by atoms with Crippen molar-refractivity contribution in [2.45, 2.75) is 50.2 Å². The van der Waals surface area contributed by atoms with Crippen molar-refractivity contribution in [3.63, 3.8) is 0 Å². The van der Waals surface area contributed by atoms with Gasteiger partial charge in [-0.05, 0) is 55.1 Å². The lowest BCUT2D eigenvalue weighted by molar-refractivity contribution is -0.142. The Morgan fingerprint density at radius 2 is 1.50 bits per heavy atom. The minimum atomic E-state index is -1.25. The van der Waals surface area contributed by atoms with Gasteiger partial charge in [-0.25, -0.2) is 4.79 Å². The number of aliphatic carboxylic acids is 1. The number of aromatic hydroxyl groups is 1. The lowest BCUT2D eigenvalue weighted by Gasteiger charge is -2.24. The van der Waals surface area contributed by atoms with E-state index >= 15 is 0 Å². The van der Waals surface area contributed by atoms with E-state index in [1.807, 2.05) is 24.3 Å². The summed E-state index contributed by atoms with van der Waals surface area (Å²) < 4.78 is 0. The topological polar surface area (TPSA) is 213 Å². The summed E-state index contributed by atoms with van der Waals surface area (Å²) in [6.07, 6.45) is 3.13. The van der Waals surface area contributed by atoms with Crippen molar-refractivity contribution in [1.29, 1.82) is 0 Å². The van der Waals surface area contributed by atoms with Crippen LogP contribution >= 0.6 is 0 Å². The number of nitrogens with two attached hydrogens (primary N) is 2. The molecule has 0 saturated heterocycles. The van der Waals surface area contributed by atoms with Crippen molar-refractivity contribution in [1.82, 2.24) is 20.9 Å². The number of fused-ring (bicyclic) bond motifs is 1. The van der Waals surface area contributed by atoms with E-state index in [4.69, 9.17) is 11.5 Å². The number of hydrogen-bond acceptors (Lipinski definition) is 7. The summed E-state index contributed by atoms with van der Waals surface area (Å²) in [5, 5.41) is 28.1. The number of carbonyl (C=O) groups excluding carboxylic acids is 3. The predicted octanol–water partition coefficient (Wildman–Crippen LogP) is 0.285. The van der Waals surface area contributed by atoms with Gasteiger partial charge in [0.1, 0.15) is 23.9 Å². The first-order valence-corrected chi connectivity index (χ1v) is 13.1. The Balaban J connectivity index is 1.76. The van der Waals surface area contributed by atoms with Crippen LogP contribution in [0.2, 0.25) is 0 Å². The molecular formula is C28H36N6O6. The maximum atomic E-state index is 13.3. The molecule has 3 amide bonds. The van der Waals surface area contributed by atoms with Crippen LogP contribution in [0, 0.1) is 0 Å². The summed E-state index contributed by atoms with van der Waals surface area (Å²) in [5.74, 6) is -3.02. The first kappa shape index (κ1) is 30.1. The molecule has 0 spiro atoms. The molecule has 12 heteroatoms. The average Bonchev–Trinajstić information content (AvgIpc) is 3.35. The van der Waals surface area contributed by atoms with Gasteiger partial charge in [-0.15, -0.1) is 0 Å². The molecule has 0 saturated carbocycles. The first-order chi connectivity index (χ1) is 19.2. The highest BCUT2D eigenvalue weighted by atomic mass is 16.4.